The molecule has 0 saturated heterocycles. The first-order chi connectivity index (χ1) is 11.8. The summed E-state index contributed by atoms with van der Waals surface area (Å²) in [7, 11) is 0. The molecule has 2 aliphatic rings. The molecule has 0 bridgehead atoms. The Bertz CT molecular complexity index is 409. The van der Waals surface area contributed by atoms with Crippen molar-refractivity contribution in [2.75, 3.05) is 0 Å². The lowest BCUT2D eigenvalue weighted by Crippen LogP contribution is -2.51. The van der Waals surface area contributed by atoms with E-state index in [-0.39, 0.29) is 0 Å². The van der Waals surface area contributed by atoms with Crippen molar-refractivity contribution in [1.29, 1.82) is 0 Å². The van der Waals surface area contributed by atoms with Crippen LogP contribution in [0, 0.1) is 43.3 Å². The SMILES string of the molecule is CC1(C)CC(C)(C)C(C)(C)CC1(C)C.CC1(C)CC(C)(C)C(C)(C)CC1(C)C. The van der Waals surface area contributed by atoms with E-state index in [1.807, 2.05) is 0 Å². The molecule has 0 aromatic heterocycles. The Kier molecular flexibility index (Phi) is 6.28. The van der Waals surface area contributed by atoms with E-state index in [1.54, 1.807) is 0 Å². The van der Waals surface area contributed by atoms with Gasteiger partial charge in [-0.1, -0.05) is 111 Å². The standard InChI is InChI=1S/2C14H28/c2*1-11(2)9-13(5,6)14(7,8)10-12(11,3)4/h2*9-10H2,1-8H3. The highest BCUT2D eigenvalue weighted by molar-refractivity contribution is 5.04. The Balaban J connectivity index is 0.000000280. The van der Waals surface area contributed by atoms with E-state index >= 15 is 0 Å². The molecule has 0 radical (unpaired) electrons. The molecule has 0 aliphatic heterocycles. The fourth-order valence-electron chi connectivity index (χ4n) is 6.33. The van der Waals surface area contributed by atoms with Gasteiger partial charge in [0.05, 0.1) is 0 Å². The van der Waals surface area contributed by atoms with E-state index < -0.39 is 0 Å². The largest absolute Gasteiger partial charge is 0.0594 e. The van der Waals surface area contributed by atoms with E-state index in [1.165, 1.54) is 25.7 Å². The zero-order valence-electron chi connectivity index (χ0n) is 22.8. The van der Waals surface area contributed by atoms with Crippen LogP contribution in [0.15, 0.2) is 0 Å². The van der Waals surface area contributed by atoms with Crippen LogP contribution in [0.2, 0.25) is 0 Å². The monoisotopic (exact) mass is 392 g/mol. The first-order valence-electron chi connectivity index (χ1n) is 11.8. The Morgan fingerprint density at radius 2 is 0.286 bits per heavy atom. The fourth-order valence-corrected chi connectivity index (χ4v) is 6.33. The lowest BCUT2D eigenvalue weighted by Gasteiger charge is -2.60. The van der Waals surface area contributed by atoms with Gasteiger partial charge in [-0.3, -0.25) is 0 Å². The van der Waals surface area contributed by atoms with Gasteiger partial charge in [-0.25, -0.2) is 0 Å². The summed E-state index contributed by atoms with van der Waals surface area (Å²) >= 11 is 0. The maximum atomic E-state index is 2.43. The van der Waals surface area contributed by atoms with Crippen LogP contribution in [0.25, 0.3) is 0 Å². The number of hydrogen-bond acceptors (Lipinski definition) is 0. The fraction of sp³-hybridized carbons (Fsp3) is 1.00. The second-order valence-electron chi connectivity index (χ2n) is 15.8. The van der Waals surface area contributed by atoms with Crippen molar-refractivity contribution in [1.82, 2.24) is 0 Å². The van der Waals surface area contributed by atoms with Crippen molar-refractivity contribution in [3.05, 3.63) is 0 Å². The van der Waals surface area contributed by atoms with Crippen LogP contribution >= 0.6 is 0 Å². The third-order valence-corrected chi connectivity index (χ3v) is 10.9. The minimum atomic E-state index is 0.464. The highest BCUT2D eigenvalue weighted by Gasteiger charge is 2.54. The summed E-state index contributed by atoms with van der Waals surface area (Å²) in [5.74, 6) is 0. The molecule has 0 heteroatoms. The van der Waals surface area contributed by atoms with Crippen LogP contribution in [0.5, 0.6) is 0 Å². The third kappa shape index (κ3) is 4.51. The third-order valence-electron chi connectivity index (χ3n) is 10.9. The molecule has 28 heavy (non-hydrogen) atoms. The highest BCUT2D eigenvalue weighted by atomic mass is 14.6. The van der Waals surface area contributed by atoms with Crippen LogP contribution in [0.1, 0.15) is 136 Å². The van der Waals surface area contributed by atoms with E-state index in [0.717, 1.165) is 0 Å². The molecule has 0 heterocycles. The normalized spacial score (nSPS) is 32.6. The van der Waals surface area contributed by atoms with Crippen molar-refractivity contribution < 1.29 is 0 Å². The van der Waals surface area contributed by atoms with Gasteiger partial charge in [0.15, 0.2) is 0 Å². The Morgan fingerprint density at radius 1 is 0.214 bits per heavy atom. The van der Waals surface area contributed by atoms with Gasteiger partial charge < -0.3 is 0 Å². The Labute approximate surface area is 180 Å². The van der Waals surface area contributed by atoms with E-state index in [9.17, 15) is 0 Å². The van der Waals surface area contributed by atoms with E-state index in [4.69, 9.17) is 0 Å². The van der Waals surface area contributed by atoms with Gasteiger partial charge in [0.2, 0.25) is 0 Å². The van der Waals surface area contributed by atoms with Gasteiger partial charge in [-0.15, -0.1) is 0 Å². The average Bonchev–Trinajstić information content (AvgIpc) is 2.30. The summed E-state index contributed by atoms with van der Waals surface area (Å²) in [6.45, 7) is 39.0. The summed E-state index contributed by atoms with van der Waals surface area (Å²) in [5, 5.41) is 0. The van der Waals surface area contributed by atoms with Crippen molar-refractivity contribution in [2.45, 2.75) is 136 Å². The topological polar surface area (TPSA) is 0 Å². The van der Waals surface area contributed by atoms with Crippen LogP contribution in [0.4, 0.5) is 0 Å². The molecule has 0 amide bonds. The first kappa shape index (κ1) is 26.0. The van der Waals surface area contributed by atoms with Gasteiger partial charge in [0.1, 0.15) is 0 Å². The maximum Gasteiger partial charge on any atom is -0.0297 e. The molecule has 168 valence electrons. The van der Waals surface area contributed by atoms with Crippen LogP contribution < -0.4 is 0 Å². The minimum absolute atomic E-state index is 0.464. The molecule has 0 aromatic carbocycles. The molecule has 2 saturated carbocycles. The predicted molar refractivity (Wildman–Crippen MR) is 129 cm³/mol. The quantitative estimate of drug-likeness (QED) is 0.384. The van der Waals surface area contributed by atoms with E-state index in [2.05, 4.69) is 111 Å². The van der Waals surface area contributed by atoms with Gasteiger partial charge in [-0.05, 0) is 69.0 Å². The lowest BCUT2D eigenvalue weighted by molar-refractivity contribution is -0.101. The summed E-state index contributed by atoms with van der Waals surface area (Å²) in [5.41, 5.74) is 3.71. The molecule has 0 unspecified atom stereocenters. The zero-order chi connectivity index (χ0) is 22.8. The summed E-state index contributed by atoms with van der Waals surface area (Å²) < 4.78 is 0. The van der Waals surface area contributed by atoms with Crippen molar-refractivity contribution in [2.24, 2.45) is 43.3 Å². The second kappa shape index (κ2) is 6.75. The van der Waals surface area contributed by atoms with Crippen molar-refractivity contribution in [3.63, 3.8) is 0 Å². The van der Waals surface area contributed by atoms with Gasteiger partial charge in [-0.2, -0.15) is 0 Å². The summed E-state index contributed by atoms with van der Waals surface area (Å²) in [6, 6.07) is 0. The van der Waals surface area contributed by atoms with Crippen LogP contribution in [0.3, 0.4) is 0 Å². The first-order valence-corrected chi connectivity index (χ1v) is 11.8. The molecule has 0 N–H and O–H groups in total. The van der Waals surface area contributed by atoms with Gasteiger partial charge in [0.25, 0.3) is 0 Å². The highest BCUT2D eigenvalue weighted by Crippen LogP contribution is 2.64. The number of rotatable bonds is 0. The molecular formula is C28H56. The molecule has 0 nitrogen and oxygen atoms in total. The molecule has 2 fully saturated rings. The lowest BCUT2D eigenvalue weighted by atomic mass is 9.45. The molecule has 2 rings (SSSR count). The van der Waals surface area contributed by atoms with Crippen LogP contribution in [-0.4, -0.2) is 0 Å². The predicted octanol–water partition coefficient (Wildman–Crippen LogP) is 9.77. The Morgan fingerprint density at radius 3 is 0.357 bits per heavy atom. The maximum absolute atomic E-state index is 2.43. The van der Waals surface area contributed by atoms with E-state index in [0.29, 0.717) is 43.3 Å². The molecule has 2 aliphatic carbocycles. The van der Waals surface area contributed by atoms with Gasteiger partial charge in [0, 0.05) is 0 Å². The van der Waals surface area contributed by atoms with Gasteiger partial charge >= 0.3 is 0 Å². The molecule has 0 atom stereocenters. The molecule has 0 spiro atoms. The minimum Gasteiger partial charge on any atom is -0.0594 e. The summed E-state index contributed by atoms with van der Waals surface area (Å²) in [6.07, 6.45) is 5.33. The molecule has 0 aromatic rings. The summed E-state index contributed by atoms with van der Waals surface area (Å²) in [4.78, 5) is 0. The molecular weight excluding hydrogens is 336 g/mol. The van der Waals surface area contributed by atoms with Crippen molar-refractivity contribution >= 4 is 0 Å². The Hall–Kier alpha value is 0. The number of hydrogen-bond donors (Lipinski definition) is 0. The average molecular weight is 393 g/mol. The second-order valence-corrected chi connectivity index (χ2v) is 15.8. The van der Waals surface area contributed by atoms with Crippen molar-refractivity contribution in [3.8, 4) is 0 Å². The zero-order valence-corrected chi connectivity index (χ0v) is 22.8. The smallest absolute Gasteiger partial charge is 0.0297 e. The van der Waals surface area contributed by atoms with Crippen LogP contribution in [-0.2, 0) is 0 Å².